The van der Waals surface area contributed by atoms with Gasteiger partial charge in [0.2, 0.25) is 0 Å². The Morgan fingerprint density at radius 2 is 2.00 bits per heavy atom. The van der Waals surface area contributed by atoms with Gasteiger partial charge < -0.3 is 15.4 Å². The second-order valence-corrected chi connectivity index (χ2v) is 5.74. The van der Waals surface area contributed by atoms with Crippen LogP contribution in [0.1, 0.15) is 25.1 Å². The molecule has 2 N–H and O–H groups in total. The van der Waals surface area contributed by atoms with Gasteiger partial charge in [-0.25, -0.2) is 0 Å². The zero-order valence-electron chi connectivity index (χ0n) is 15.0. The molecule has 0 aliphatic carbocycles. The van der Waals surface area contributed by atoms with Gasteiger partial charge in [0.1, 0.15) is 5.75 Å². The minimum Gasteiger partial charge on any atom is -0.491 e. The molecule has 0 aliphatic heterocycles. The molecule has 0 unspecified atom stereocenters. The Morgan fingerprint density at radius 3 is 2.68 bits per heavy atom. The zero-order valence-corrected chi connectivity index (χ0v) is 17.4. The number of halogens is 1. The van der Waals surface area contributed by atoms with Gasteiger partial charge >= 0.3 is 0 Å². The van der Waals surface area contributed by atoms with Gasteiger partial charge in [-0.15, -0.1) is 24.0 Å². The first-order chi connectivity index (χ1) is 11.7. The van der Waals surface area contributed by atoms with Gasteiger partial charge in [-0.05, 0) is 43.7 Å². The van der Waals surface area contributed by atoms with E-state index < -0.39 is 0 Å². The summed E-state index contributed by atoms with van der Waals surface area (Å²) in [5, 5.41) is 6.62. The van der Waals surface area contributed by atoms with Gasteiger partial charge in [0, 0.05) is 38.4 Å². The molecular weight excluding hydrogens is 427 g/mol. The predicted molar refractivity (Wildman–Crippen MR) is 114 cm³/mol. The molecule has 0 amide bonds. The number of aromatic nitrogens is 1. The summed E-state index contributed by atoms with van der Waals surface area (Å²) in [5.74, 6) is 1.67. The van der Waals surface area contributed by atoms with Crippen LogP contribution >= 0.6 is 24.0 Å². The van der Waals surface area contributed by atoms with Crippen molar-refractivity contribution in [2.75, 3.05) is 13.6 Å². The molecule has 2 rings (SSSR count). The second-order valence-electron chi connectivity index (χ2n) is 5.74. The Bertz CT molecular complexity index is 647. The molecule has 1 heterocycles. The van der Waals surface area contributed by atoms with E-state index in [1.54, 1.807) is 7.05 Å². The molecule has 0 saturated heterocycles. The number of nitrogens with zero attached hydrogens (tertiary/aromatic N) is 2. The Balaban J connectivity index is 0.00000312. The Hall–Kier alpha value is -1.83. The smallest absolute Gasteiger partial charge is 0.191 e. The maximum Gasteiger partial charge on any atom is 0.191 e. The molecule has 1 aromatic carbocycles. The first kappa shape index (κ1) is 21.2. The summed E-state index contributed by atoms with van der Waals surface area (Å²) >= 11 is 0. The Labute approximate surface area is 167 Å². The molecule has 0 spiro atoms. The first-order valence-corrected chi connectivity index (χ1v) is 8.27. The summed E-state index contributed by atoms with van der Waals surface area (Å²) in [5.41, 5.74) is 2.22. The predicted octanol–water partition coefficient (Wildman–Crippen LogP) is 3.39. The summed E-state index contributed by atoms with van der Waals surface area (Å²) in [7, 11) is 1.77. The van der Waals surface area contributed by atoms with Gasteiger partial charge in [-0.3, -0.25) is 9.98 Å². The molecule has 6 heteroatoms. The number of benzene rings is 1. The van der Waals surface area contributed by atoms with Crippen LogP contribution in [0.2, 0.25) is 0 Å². The molecule has 0 saturated carbocycles. The molecule has 2 aromatic rings. The highest BCUT2D eigenvalue weighted by atomic mass is 127. The van der Waals surface area contributed by atoms with Gasteiger partial charge in [0.25, 0.3) is 0 Å². The van der Waals surface area contributed by atoms with E-state index in [1.807, 2.05) is 56.4 Å². The Morgan fingerprint density at radius 1 is 1.16 bits per heavy atom. The molecule has 5 nitrogen and oxygen atoms in total. The summed E-state index contributed by atoms with van der Waals surface area (Å²) in [6.07, 6.45) is 2.85. The van der Waals surface area contributed by atoms with Gasteiger partial charge in [-0.1, -0.05) is 18.2 Å². The number of hydrogen-bond acceptors (Lipinski definition) is 3. The lowest BCUT2D eigenvalue weighted by molar-refractivity contribution is 0.242. The van der Waals surface area contributed by atoms with Crippen molar-refractivity contribution in [3.8, 4) is 5.75 Å². The van der Waals surface area contributed by atoms with Crippen molar-refractivity contribution >= 4 is 29.9 Å². The molecule has 136 valence electrons. The van der Waals surface area contributed by atoms with Crippen LogP contribution in [0.4, 0.5) is 0 Å². The monoisotopic (exact) mass is 454 g/mol. The van der Waals surface area contributed by atoms with E-state index in [4.69, 9.17) is 4.74 Å². The minimum atomic E-state index is 0. The van der Waals surface area contributed by atoms with E-state index in [2.05, 4.69) is 26.7 Å². The normalized spacial score (nSPS) is 11.0. The first-order valence-electron chi connectivity index (χ1n) is 8.27. The van der Waals surface area contributed by atoms with Gasteiger partial charge in [0.15, 0.2) is 5.96 Å². The number of pyridine rings is 1. The number of rotatable bonds is 7. The highest BCUT2D eigenvalue weighted by molar-refractivity contribution is 14.0. The fourth-order valence-electron chi connectivity index (χ4n) is 2.26. The highest BCUT2D eigenvalue weighted by Gasteiger charge is 2.02. The maximum atomic E-state index is 5.72. The summed E-state index contributed by atoms with van der Waals surface area (Å²) in [4.78, 5) is 8.56. The molecular formula is C19H27IN4O. The third kappa shape index (κ3) is 8.20. The molecule has 0 fully saturated rings. The van der Waals surface area contributed by atoms with Gasteiger partial charge in [-0.2, -0.15) is 0 Å². The van der Waals surface area contributed by atoms with Gasteiger partial charge in [0.05, 0.1) is 6.10 Å². The topological polar surface area (TPSA) is 58.5 Å². The number of ether oxygens (including phenoxy) is 1. The average Bonchev–Trinajstić information content (AvgIpc) is 2.58. The molecule has 0 atom stereocenters. The van der Waals surface area contributed by atoms with E-state index in [9.17, 15) is 0 Å². The quantitative estimate of drug-likeness (QED) is 0.383. The van der Waals surface area contributed by atoms with Crippen molar-refractivity contribution < 1.29 is 4.74 Å². The van der Waals surface area contributed by atoms with Crippen molar-refractivity contribution in [2.45, 2.75) is 32.9 Å². The third-order valence-corrected chi connectivity index (χ3v) is 3.35. The van der Waals surface area contributed by atoms with E-state index >= 15 is 0 Å². The van der Waals surface area contributed by atoms with Crippen LogP contribution in [-0.4, -0.2) is 30.6 Å². The fourth-order valence-corrected chi connectivity index (χ4v) is 2.26. The number of hydrogen-bond donors (Lipinski definition) is 2. The summed E-state index contributed by atoms with van der Waals surface area (Å²) in [6.45, 7) is 5.53. The van der Waals surface area contributed by atoms with E-state index in [0.717, 1.165) is 35.9 Å². The molecule has 25 heavy (non-hydrogen) atoms. The van der Waals surface area contributed by atoms with Crippen LogP contribution < -0.4 is 15.4 Å². The molecule has 0 radical (unpaired) electrons. The zero-order chi connectivity index (χ0) is 17.2. The van der Waals surface area contributed by atoms with Crippen LogP contribution in [0, 0.1) is 0 Å². The van der Waals surface area contributed by atoms with Crippen molar-refractivity contribution in [2.24, 2.45) is 4.99 Å². The van der Waals surface area contributed by atoms with Crippen LogP contribution in [-0.2, 0) is 13.0 Å². The molecule has 1 aromatic heterocycles. The SMILES string of the molecule is CN=C(NCCc1ccccn1)NCc1cccc(OC(C)C)c1.I. The van der Waals surface area contributed by atoms with Crippen LogP contribution in [0.25, 0.3) is 0 Å². The van der Waals surface area contributed by atoms with Crippen molar-refractivity contribution in [1.82, 2.24) is 15.6 Å². The summed E-state index contributed by atoms with van der Waals surface area (Å²) in [6, 6.07) is 14.1. The molecule has 0 bridgehead atoms. The standard InChI is InChI=1S/C19H26N4O.HI/c1-15(2)24-18-9-6-7-16(13-18)14-23-19(20-3)22-12-10-17-8-4-5-11-21-17;/h4-9,11,13,15H,10,12,14H2,1-3H3,(H2,20,22,23);1H. The number of nitrogens with one attached hydrogen (secondary N) is 2. The number of guanidine groups is 1. The average molecular weight is 454 g/mol. The minimum absolute atomic E-state index is 0. The lowest BCUT2D eigenvalue weighted by Crippen LogP contribution is -2.37. The highest BCUT2D eigenvalue weighted by Crippen LogP contribution is 2.14. The van der Waals surface area contributed by atoms with Crippen molar-refractivity contribution in [3.05, 3.63) is 59.9 Å². The Kier molecular flexibility index (Phi) is 9.91. The van der Waals surface area contributed by atoms with E-state index in [1.165, 1.54) is 0 Å². The second kappa shape index (κ2) is 11.7. The lowest BCUT2D eigenvalue weighted by atomic mass is 10.2. The molecule has 0 aliphatic rings. The van der Waals surface area contributed by atoms with E-state index in [-0.39, 0.29) is 30.1 Å². The van der Waals surface area contributed by atoms with E-state index in [0.29, 0.717) is 6.54 Å². The maximum absolute atomic E-state index is 5.72. The van der Waals surface area contributed by atoms with Crippen LogP contribution in [0.3, 0.4) is 0 Å². The van der Waals surface area contributed by atoms with Crippen molar-refractivity contribution in [1.29, 1.82) is 0 Å². The lowest BCUT2D eigenvalue weighted by Gasteiger charge is -2.13. The van der Waals surface area contributed by atoms with Crippen LogP contribution in [0.15, 0.2) is 53.7 Å². The third-order valence-electron chi connectivity index (χ3n) is 3.35. The largest absolute Gasteiger partial charge is 0.491 e. The van der Waals surface area contributed by atoms with Crippen LogP contribution in [0.5, 0.6) is 5.75 Å². The van der Waals surface area contributed by atoms with Crippen molar-refractivity contribution in [3.63, 3.8) is 0 Å². The number of aliphatic imine (C=N–C) groups is 1. The fraction of sp³-hybridized carbons (Fsp3) is 0.368. The summed E-state index contributed by atoms with van der Waals surface area (Å²) < 4.78 is 5.72.